The van der Waals surface area contributed by atoms with E-state index in [2.05, 4.69) is 10.6 Å². The van der Waals surface area contributed by atoms with Crippen molar-refractivity contribution in [3.63, 3.8) is 0 Å². The number of rotatable bonds is 10. The van der Waals surface area contributed by atoms with Crippen molar-refractivity contribution in [2.24, 2.45) is 0 Å². The van der Waals surface area contributed by atoms with E-state index in [-0.39, 0.29) is 18.4 Å². The summed E-state index contributed by atoms with van der Waals surface area (Å²) in [6.07, 6.45) is -1.46. The van der Waals surface area contributed by atoms with Crippen molar-refractivity contribution in [2.75, 3.05) is 32.7 Å². The van der Waals surface area contributed by atoms with E-state index >= 15 is 0 Å². The minimum atomic E-state index is -0.909. The first kappa shape index (κ1) is 26.7. The number of carbonyl (C=O) groups is 3. The van der Waals surface area contributed by atoms with E-state index in [1.807, 2.05) is 31.2 Å². The molecule has 1 heterocycles. The highest BCUT2D eigenvalue weighted by molar-refractivity contribution is 6.04. The summed E-state index contributed by atoms with van der Waals surface area (Å²) in [7, 11) is 3.11. The molecule has 0 bridgehead atoms. The van der Waals surface area contributed by atoms with Gasteiger partial charge in [0.2, 0.25) is 5.91 Å². The number of ether oxygens (including phenoxy) is 3. The highest BCUT2D eigenvalue weighted by atomic mass is 16.6. The fraction of sp³-hybridized carbons (Fsp3) is 0.276. The predicted octanol–water partition coefficient (Wildman–Crippen LogP) is 4.08. The lowest BCUT2D eigenvalue weighted by Gasteiger charge is -2.24. The van der Waals surface area contributed by atoms with Gasteiger partial charge in [-0.25, -0.2) is 4.79 Å². The van der Waals surface area contributed by atoms with Crippen molar-refractivity contribution in [2.45, 2.75) is 25.6 Å². The SMILES string of the molecule is COCCNC(=O)[C@H]1[C@H](c2cccc(NC(=O)c3ccc(OC)cc3)c2)OC(=O)N1Cc1ccc(C)cc1. The molecular formula is C29H31N3O6. The molecule has 3 amide bonds. The monoisotopic (exact) mass is 517 g/mol. The van der Waals surface area contributed by atoms with E-state index in [4.69, 9.17) is 14.2 Å². The Labute approximate surface area is 221 Å². The third-order valence-corrected chi connectivity index (χ3v) is 6.26. The Morgan fingerprint density at radius 1 is 1.00 bits per heavy atom. The molecule has 1 saturated heterocycles. The number of aryl methyl sites for hydroxylation is 1. The summed E-state index contributed by atoms with van der Waals surface area (Å²) in [5.74, 6) is -0.00244. The molecular weight excluding hydrogens is 486 g/mol. The van der Waals surface area contributed by atoms with Gasteiger partial charge >= 0.3 is 6.09 Å². The van der Waals surface area contributed by atoms with Crippen LogP contribution in [0.15, 0.2) is 72.8 Å². The van der Waals surface area contributed by atoms with Crippen molar-refractivity contribution in [3.05, 3.63) is 95.1 Å². The number of hydrogen-bond donors (Lipinski definition) is 2. The molecule has 2 N–H and O–H groups in total. The van der Waals surface area contributed by atoms with Crippen LogP contribution >= 0.6 is 0 Å². The van der Waals surface area contributed by atoms with Crippen molar-refractivity contribution >= 4 is 23.6 Å². The van der Waals surface area contributed by atoms with Crippen LogP contribution in [0.1, 0.15) is 33.2 Å². The average molecular weight is 518 g/mol. The van der Waals surface area contributed by atoms with Gasteiger partial charge in [-0.15, -0.1) is 0 Å². The van der Waals surface area contributed by atoms with E-state index in [0.717, 1.165) is 11.1 Å². The summed E-state index contributed by atoms with van der Waals surface area (Å²) in [4.78, 5) is 40.5. The van der Waals surface area contributed by atoms with Gasteiger partial charge in [-0.2, -0.15) is 0 Å². The molecule has 0 unspecified atom stereocenters. The topological polar surface area (TPSA) is 106 Å². The Balaban J connectivity index is 1.57. The quantitative estimate of drug-likeness (QED) is 0.393. The highest BCUT2D eigenvalue weighted by Gasteiger charge is 2.47. The number of carbonyl (C=O) groups excluding carboxylic acids is 3. The van der Waals surface area contributed by atoms with Crippen LogP contribution in [0.5, 0.6) is 5.75 Å². The van der Waals surface area contributed by atoms with Gasteiger partial charge in [0, 0.05) is 24.9 Å². The zero-order valence-corrected chi connectivity index (χ0v) is 21.6. The number of hydrogen-bond acceptors (Lipinski definition) is 6. The molecule has 9 nitrogen and oxygen atoms in total. The molecule has 198 valence electrons. The highest BCUT2D eigenvalue weighted by Crippen LogP contribution is 2.35. The fourth-order valence-electron chi connectivity index (χ4n) is 4.22. The van der Waals surface area contributed by atoms with E-state index in [1.165, 1.54) is 4.90 Å². The van der Waals surface area contributed by atoms with Crippen molar-refractivity contribution in [1.82, 2.24) is 10.2 Å². The lowest BCUT2D eigenvalue weighted by molar-refractivity contribution is -0.126. The number of anilines is 1. The number of amides is 3. The van der Waals surface area contributed by atoms with Crippen molar-refractivity contribution in [1.29, 1.82) is 0 Å². The van der Waals surface area contributed by atoms with Gasteiger partial charge in [0.15, 0.2) is 12.1 Å². The van der Waals surface area contributed by atoms with Crippen molar-refractivity contribution in [3.8, 4) is 5.75 Å². The Hall–Kier alpha value is -4.37. The first-order valence-corrected chi connectivity index (χ1v) is 12.2. The second-order valence-corrected chi connectivity index (χ2v) is 8.95. The number of nitrogens with zero attached hydrogens (tertiary/aromatic N) is 1. The third-order valence-electron chi connectivity index (χ3n) is 6.26. The maximum atomic E-state index is 13.3. The third kappa shape index (κ3) is 6.30. The largest absolute Gasteiger partial charge is 0.497 e. The minimum Gasteiger partial charge on any atom is -0.497 e. The first-order chi connectivity index (χ1) is 18.4. The second-order valence-electron chi connectivity index (χ2n) is 8.95. The Morgan fingerprint density at radius 2 is 1.74 bits per heavy atom. The van der Waals surface area contributed by atoms with Crippen LogP contribution in [-0.2, 0) is 20.8 Å². The molecule has 9 heteroatoms. The maximum absolute atomic E-state index is 13.3. The molecule has 0 spiro atoms. The van der Waals surface area contributed by atoms with Gasteiger partial charge in [-0.1, -0.05) is 42.0 Å². The van der Waals surface area contributed by atoms with Crippen LogP contribution in [0.3, 0.4) is 0 Å². The average Bonchev–Trinajstić information content (AvgIpc) is 3.26. The zero-order valence-electron chi connectivity index (χ0n) is 21.6. The van der Waals surface area contributed by atoms with E-state index in [0.29, 0.717) is 35.7 Å². The van der Waals surface area contributed by atoms with E-state index in [9.17, 15) is 14.4 Å². The summed E-state index contributed by atoms with van der Waals surface area (Å²) in [6, 6.07) is 20.6. The van der Waals surface area contributed by atoms with Gasteiger partial charge in [0.1, 0.15) is 5.75 Å². The van der Waals surface area contributed by atoms with Gasteiger partial charge in [-0.3, -0.25) is 14.5 Å². The second kappa shape index (κ2) is 12.2. The summed E-state index contributed by atoms with van der Waals surface area (Å²) in [5, 5.41) is 5.69. The summed E-state index contributed by atoms with van der Waals surface area (Å²) in [6.45, 7) is 2.83. The molecule has 4 rings (SSSR count). The Kier molecular flexibility index (Phi) is 8.60. The molecule has 38 heavy (non-hydrogen) atoms. The van der Waals surface area contributed by atoms with Gasteiger partial charge in [0.05, 0.1) is 20.3 Å². The van der Waals surface area contributed by atoms with E-state index < -0.39 is 18.2 Å². The van der Waals surface area contributed by atoms with E-state index in [1.54, 1.807) is 62.8 Å². The molecule has 0 saturated carbocycles. The van der Waals surface area contributed by atoms with Crippen LogP contribution in [-0.4, -0.2) is 56.2 Å². The van der Waals surface area contributed by atoms with Gasteiger partial charge < -0.3 is 24.8 Å². The predicted molar refractivity (Wildman–Crippen MR) is 142 cm³/mol. The fourth-order valence-corrected chi connectivity index (χ4v) is 4.22. The van der Waals surface area contributed by atoms with Crippen LogP contribution < -0.4 is 15.4 Å². The first-order valence-electron chi connectivity index (χ1n) is 12.2. The van der Waals surface area contributed by atoms with Crippen LogP contribution in [0, 0.1) is 6.92 Å². The summed E-state index contributed by atoms with van der Waals surface area (Å²) in [5.41, 5.74) is 3.53. The molecule has 3 aromatic rings. The lowest BCUT2D eigenvalue weighted by atomic mass is 10.00. The molecule has 1 fully saturated rings. The maximum Gasteiger partial charge on any atom is 0.411 e. The molecule has 2 atom stereocenters. The van der Waals surface area contributed by atoms with Crippen LogP contribution in [0.2, 0.25) is 0 Å². The smallest absolute Gasteiger partial charge is 0.411 e. The van der Waals surface area contributed by atoms with Crippen molar-refractivity contribution < 1.29 is 28.6 Å². The number of nitrogens with one attached hydrogen (secondary N) is 2. The Morgan fingerprint density at radius 3 is 2.42 bits per heavy atom. The lowest BCUT2D eigenvalue weighted by Crippen LogP contribution is -2.47. The standard InChI is InChI=1S/C29H31N3O6/c1-19-7-9-20(10-8-19)18-32-25(28(34)30-15-16-36-2)26(38-29(32)35)22-5-4-6-23(17-22)31-27(33)21-11-13-24(37-3)14-12-21/h4-14,17,25-26H,15-16,18H2,1-3H3,(H,30,34)(H,31,33)/t25-,26+/m1/s1. The molecule has 0 aromatic heterocycles. The van der Waals surface area contributed by atoms with Crippen LogP contribution in [0.4, 0.5) is 10.5 Å². The Bertz CT molecular complexity index is 1280. The normalized spacial score (nSPS) is 16.6. The zero-order chi connectivity index (χ0) is 27.1. The van der Waals surface area contributed by atoms with Gasteiger partial charge in [0.25, 0.3) is 5.91 Å². The number of methoxy groups -OCH3 is 2. The molecule has 3 aromatic carbocycles. The number of cyclic esters (lactones) is 1. The minimum absolute atomic E-state index is 0.214. The molecule has 0 radical (unpaired) electrons. The molecule has 1 aliphatic heterocycles. The molecule has 0 aliphatic carbocycles. The molecule has 1 aliphatic rings. The summed E-state index contributed by atoms with van der Waals surface area (Å²) < 4.78 is 15.9. The summed E-state index contributed by atoms with van der Waals surface area (Å²) >= 11 is 0. The van der Waals surface area contributed by atoms with Crippen LogP contribution in [0.25, 0.3) is 0 Å². The number of benzene rings is 3. The van der Waals surface area contributed by atoms with Gasteiger partial charge in [-0.05, 0) is 54.4 Å².